The molecule has 0 atom stereocenters. The summed E-state index contributed by atoms with van der Waals surface area (Å²) in [6.45, 7) is 4.70. The number of pyridine rings is 2. The lowest BCUT2D eigenvalue weighted by molar-refractivity contribution is 0.631. The predicted octanol–water partition coefficient (Wildman–Crippen LogP) is 10.8. The number of hydrogen-bond donors (Lipinski definition) is 0. The Morgan fingerprint density at radius 3 is 1.42 bits per heavy atom. The summed E-state index contributed by atoms with van der Waals surface area (Å²) in [5, 5.41) is 4.86. The number of aromatic nitrogens is 4. The molecule has 9 aromatic rings. The molecule has 4 aromatic heterocycles. The highest BCUT2D eigenvalue weighted by Crippen LogP contribution is 2.53. The van der Waals surface area contributed by atoms with E-state index in [2.05, 4.69) is 165 Å². The minimum Gasteiger partial charge on any atom is -0.310 e. The second kappa shape index (κ2) is 9.90. The van der Waals surface area contributed by atoms with Crippen molar-refractivity contribution in [3.05, 3.63) is 163 Å². The number of para-hydroxylation sites is 3. The van der Waals surface area contributed by atoms with Crippen molar-refractivity contribution in [1.82, 2.24) is 19.1 Å². The lowest BCUT2D eigenvalue weighted by atomic mass is 9.73. The Hall–Kier alpha value is -6.20. The zero-order valence-corrected chi connectivity index (χ0v) is 26.7. The fraction of sp³-hybridized carbons (Fsp3) is 0.0698. The first-order valence-electron chi connectivity index (χ1n) is 16.4. The van der Waals surface area contributed by atoms with Gasteiger partial charge in [0.1, 0.15) is 0 Å². The molecule has 0 unspecified atom stereocenters. The quantitative estimate of drug-likeness (QED) is 0.198. The zero-order valence-electron chi connectivity index (χ0n) is 26.7. The SMILES string of the molecule is CC1(C)c2ccc(-n3c4ccccc4c4ccncc43)cc2N(c2ccccc2)c2cc(-n3c4ccccc4c4ccncc43)ccc21. The van der Waals surface area contributed by atoms with Gasteiger partial charge in [0.15, 0.2) is 0 Å². The summed E-state index contributed by atoms with van der Waals surface area (Å²) in [5.74, 6) is 0. The molecule has 10 rings (SSSR count). The molecule has 0 radical (unpaired) electrons. The molecule has 5 heteroatoms. The average Bonchev–Trinajstić information content (AvgIpc) is 3.65. The van der Waals surface area contributed by atoms with Crippen molar-refractivity contribution in [1.29, 1.82) is 0 Å². The lowest BCUT2D eigenvalue weighted by Crippen LogP contribution is -2.31. The number of benzene rings is 5. The highest BCUT2D eigenvalue weighted by atomic mass is 15.2. The Kier molecular flexibility index (Phi) is 5.56. The molecule has 0 saturated heterocycles. The molecule has 0 N–H and O–H groups in total. The van der Waals surface area contributed by atoms with E-state index in [9.17, 15) is 0 Å². The van der Waals surface area contributed by atoms with Crippen LogP contribution in [0.2, 0.25) is 0 Å². The van der Waals surface area contributed by atoms with Crippen LogP contribution in [0.15, 0.2) is 152 Å². The fourth-order valence-electron chi connectivity index (χ4n) is 8.07. The Balaban J connectivity index is 1.25. The van der Waals surface area contributed by atoms with Crippen molar-refractivity contribution in [2.24, 2.45) is 0 Å². The van der Waals surface area contributed by atoms with Gasteiger partial charge >= 0.3 is 0 Å². The van der Waals surface area contributed by atoms with Gasteiger partial charge in [0.2, 0.25) is 0 Å². The monoisotopic (exact) mass is 617 g/mol. The first-order valence-corrected chi connectivity index (χ1v) is 16.4. The molecule has 0 bridgehead atoms. The highest BCUT2D eigenvalue weighted by Gasteiger charge is 2.37. The van der Waals surface area contributed by atoms with Gasteiger partial charge in [-0.2, -0.15) is 0 Å². The first-order chi connectivity index (χ1) is 23.6. The molecule has 5 aromatic carbocycles. The molecule has 0 saturated carbocycles. The summed E-state index contributed by atoms with van der Waals surface area (Å²) in [6, 6.07) is 46.2. The molecular formula is C43H31N5. The Morgan fingerprint density at radius 1 is 0.438 bits per heavy atom. The molecule has 5 heterocycles. The average molecular weight is 618 g/mol. The van der Waals surface area contributed by atoms with Gasteiger partial charge in [0.25, 0.3) is 0 Å². The van der Waals surface area contributed by atoms with Gasteiger partial charge in [-0.1, -0.05) is 80.6 Å². The van der Waals surface area contributed by atoms with Crippen molar-refractivity contribution >= 4 is 60.7 Å². The minimum absolute atomic E-state index is 0.238. The fourth-order valence-corrected chi connectivity index (χ4v) is 8.07. The number of rotatable bonds is 3. The molecule has 1 aliphatic heterocycles. The van der Waals surface area contributed by atoms with Crippen LogP contribution in [0.5, 0.6) is 0 Å². The van der Waals surface area contributed by atoms with E-state index in [1.807, 2.05) is 24.8 Å². The van der Waals surface area contributed by atoms with Crippen molar-refractivity contribution in [3.8, 4) is 11.4 Å². The molecule has 228 valence electrons. The molecule has 0 spiro atoms. The molecular weight excluding hydrogens is 587 g/mol. The predicted molar refractivity (Wildman–Crippen MR) is 198 cm³/mol. The zero-order chi connectivity index (χ0) is 32.0. The Labute approximate surface area is 278 Å². The maximum absolute atomic E-state index is 4.54. The van der Waals surface area contributed by atoms with Crippen LogP contribution in [0, 0.1) is 0 Å². The maximum atomic E-state index is 4.54. The van der Waals surface area contributed by atoms with E-state index < -0.39 is 0 Å². The smallest absolute Gasteiger partial charge is 0.0724 e. The van der Waals surface area contributed by atoms with Crippen LogP contribution in [0.4, 0.5) is 17.1 Å². The van der Waals surface area contributed by atoms with E-state index >= 15 is 0 Å². The van der Waals surface area contributed by atoms with Gasteiger partial charge in [-0.15, -0.1) is 0 Å². The maximum Gasteiger partial charge on any atom is 0.0724 e. The van der Waals surface area contributed by atoms with Crippen molar-refractivity contribution in [2.45, 2.75) is 19.3 Å². The van der Waals surface area contributed by atoms with Crippen molar-refractivity contribution < 1.29 is 0 Å². The van der Waals surface area contributed by atoms with Crippen molar-refractivity contribution in [3.63, 3.8) is 0 Å². The van der Waals surface area contributed by atoms with Gasteiger partial charge in [-0.25, -0.2) is 0 Å². The van der Waals surface area contributed by atoms with Crippen LogP contribution in [-0.4, -0.2) is 19.1 Å². The van der Waals surface area contributed by atoms with E-state index in [0.717, 1.165) is 28.1 Å². The third-order valence-corrected chi connectivity index (χ3v) is 10.3. The summed E-state index contributed by atoms with van der Waals surface area (Å²) in [7, 11) is 0. The van der Waals surface area contributed by atoms with Gasteiger partial charge in [-0.3, -0.25) is 9.97 Å². The number of anilines is 3. The van der Waals surface area contributed by atoms with Crippen LogP contribution >= 0.6 is 0 Å². The van der Waals surface area contributed by atoms with Crippen molar-refractivity contribution in [2.75, 3.05) is 4.90 Å². The van der Waals surface area contributed by atoms with Crippen LogP contribution in [-0.2, 0) is 5.41 Å². The van der Waals surface area contributed by atoms with Gasteiger partial charge in [0.05, 0.1) is 45.8 Å². The molecule has 0 aliphatic carbocycles. The standard InChI is InChI=1S/C43H31N5/c1-43(2)35-18-16-29(47-37-14-8-6-12-31(37)33-20-22-44-26-41(33)47)24-39(35)46(28-10-4-3-5-11-28)40-25-30(17-19-36(40)43)48-38-15-9-7-13-32(38)34-21-23-45-27-42(34)48/h3-27H,1-2H3. The third-order valence-electron chi connectivity index (χ3n) is 10.3. The Bertz CT molecular complexity index is 2440. The van der Waals surface area contributed by atoms with Gasteiger partial charge in [0, 0.05) is 56.4 Å². The summed E-state index contributed by atoms with van der Waals surface area (Å²) in [6.07, 6.45) is 7.73. The van der Waals surface area contributed by atoms with Crippen LogP contribution in [0.3, 0.4) is 0 Å². The summed E-state index contributed by atoms with van der Waals surface area (Å²) in [5.41, 5.74) is 12.6. The number of hydrogen-bond acceptors (Lipinski definition) is 3. The van der Waals surface area contributed by atoms with E-state index in [-0.39, 0.29) is 5.41 Å². The summed E-state index contributed by atoms with van der Waals surface area (Å²) >= 11 is 0. The second-order valence-electron chi connectivity index (χ2n) is 13.2. The Morgan fingerprint density at radius 2 is 0.896 bits per heavy atom. The molecule has 5 nitrogen and oxygen atoms in total. The topological polar surface area (TPSA) is 38.9 Å². The second-order valence-corrected chi connectivity index (χ2v) is 13.2. The first kappa shape index (κ1) is 27.0. The van der Waals surface area contributed by atoms with Crippen LogP contribution in [0.25, 0.3) is 55.0 Å². The minimum atomic E-state index is -0.238. The van der Waals surface area contributed by atoms with Gasteiger partial charge < -0.3 is 14.0 Å². The van der Waals surface area contributed by atoms with Crippen LogP contribution in [0.1, 0.15) is 25.0 Å². The number of nitrogens with zero attached hydrogens (tertiary/aromatic N) is 5. The van der Waals surface area contributed by atoms with E-state index in [1.165, 1.54) is 55.1 Å². The van der Waals surface area contributed by atoms with Gasteiger partial charge in [-0.05, 0) is 71.8 Å². The summed E-state index contributed by atoms with van der Waals surface area (Å²) in [4.78, 5) is 11.5. The highest BCUT2D eigenvalue weighted by molar-refractivity contribution is 6.10. The van der Waals surface area contributed by atoms with Crippen LogP contribution < -0.4 is 4.90 Å². The molecule has 48 heavy (non-hydrogen) atoms. The molecule has 0 fully saturated rings. The summed E-state index contributed by atoms with van der Waals surface area (Å²) < 4.78 is 4.70. The third kappa shape index (κ3) is 3.67. The molecule has 0 amide bonds. The van der Waals surface area contributed by atoms with E-state index in [0.29, 0.717) is 0 Å². The van der Waals surface area contributed by atoms with E-state index in [4.69, 9.17) is 0 Å². The number of fused-ring (bicyclic) bond motifs is 8. The van der Waals surface area contributed by atoms with E-state index in [1.54, 1.807) is 0 Å². The lowest BCUT2D eigenvalue weighted by Gasteiger charge is -2.42. The normalized spacial score (nSPS) is 13.8. The molecule has 1 aliphatic rings. The largest absolute Gasteiger partial charge is 0.310 e.